The van der Waals surface area contributed by atoms with Crippen LogP contribution >= 0.6 is 0 Å². The normalized spacial score (nSPS) is 14.2. The van der Waals surface area contributed by atoms with Crippen LogP contribution in [-0.4, -0.2) is 40.1 Å². The smallest absolute Gasteiger partial charge is 0.337 e. The minimum Gasteiger partial charge on any atom is -0.491 e. The zero-order valence-corrected chi connectivity index (χ0v) is 21.8. The molecule has 0 amide bonds. The van der Waals surface area contributed by atoms with Gasteiger partial charge in [0.1, 0.15) is 12.4 Å². The largest absolute Gasteiger partial charge is 0.491 e. The van der Waals surface area contributed by atoms with Crippen LogP contribution < -0.4 is 10.5 Å². The van der Waals surface area contributed by atoms with Crippen molar-refractivity contribution in [2.75, 3.05) is 13.7 Å². The number of carbonyl (C=O) groups is 1. The number of hydrogen-bond acceptors (Lipinski definition) is 5. The third-order valence-electron chi connectivity index (χ3n) is 6.20. The summed E-state index contributed by atoms with van der Waals surface area (Å²) < 4.78 is 17.4. The Hall–Kier alpha value is -2.41. The molecule has 0 heterocycles. The lowest BCUT2D eigenvalue weighted by atomic mass is 10.1. The van der Waals surface area contributed by atoms with E-state index in [1.807, 2.05) is 48.5 Å². The average molecular weight is 470 g/mol. The number of methoxy groups -OCH3 is 1. The Morgan fingerprint density at radius 1 is 1.06 bits per heavy atom. The van der Waals surface area contributed by atoms with Crippen molar-refractivity contribution in [1.29, 1.82) is 0 Å². The van der Waals surface area contributed by atoms with E-state index in [4.69, 9.17) is 19.6 Å². The van der Waals surface area contributed by atoms with Crippen molar-refractivity contribution in [3.05, 3.63) is 71.8 Å². The number of esters is 1. The molecule has 2 rings (SSSR count). The molecule has 5 nitrogen and oxygen atoms in total. The van der Waals surface area contributed by atoms with Crippen molar-refractivity contribution >= 4 is 20.4 Å². The van der Waals surface area contributed by atoms with E-state index in [1.54, 1.807) is 12.1 Å². The van der Waals surface area contributed by atoms with Crippen molar-refractivity contribution in [2.45, 2.75) is 63.9 Å². The lowest BCUT2D eigenvalue weighted by molar-refractivity contribution is 0.0600. The topological polar surface area (TPSA) is 70.8 Å². The van der Waals surface area contributed by atoms with Gasteiger partial charge in [-0.25, -0.2) is 4.79 Å². The molecular weight excluding hydrogens is 430 g/mol. The van der Waals surface area contributed by atoms with Crippen molar-refractivity contribution < 1.29 is 18.7 Å². The van der Waals surface area contributed by atoms with Gasteiger partial charge in [-0.15, -0.1) is 0 Å². The van der Waals surface area contributed by atoms with Crippen LogP contribution in [0.15, 0.2) is 60.7 Å². The molecule has 2 N–H and O–H groups in total. The van der Waals surface area contributed by atoms with E-state index in [0.717, 1.165) is 24.2 Å². The standard InChI is InChI=1S/C27H39NO4Si/c1-27(2,3)33(5,6)32-25(20-31-23-13-8-7-9-14-23)24(28)15-11-10-12-21-16-18-22(19-17-21)26(29)30-4/h7-10,12-14,16-19,24-25H,11,15,20,28H2,1-6H3/b12-10+/t24-,25-/m1/s1. The number of para-hydroxylation sites is 1. The van der Waals surface area contributed by atoms with Crippen LogP contribution in [0, 0.1) is 0 Å². The first-order valence-corrected chi connectivity index (χ1v) is 14.4. The molecule has 0 aliphatic rings. The predicted octanol–water partition coefficient (Wildman–Crippen LogP) is 6.06. The molecule has 0 unspecified atom stereocenters. The Balaban J connectivity index is 1.98. The van der Waals surface area contributed by atoms with Gasteiger partial charge in [0.25, 0.3) is 0 Å². The number of allylic oxidation sites excluding steroid dienone is 1. The van der Waals surface area contributed by atoms with Crippen LogP contribution in [0.4, 0.5) is 0 Å². The first kappa shape index (κ1) is 26.8. The third kappa shape index (κ3) is 8.46. The Morgan fingerprint density at radius 3 is 2.27 bits per heavy atom. The molecule has 0 aliphatic carbocycles. The van der Waals surface area contributed by atoms with E-state index in [1.165, 1.54) is 7.11 Å². The van der Waals surface area contributed by atoms with E-state index in [0.29, 0.717) is 12.2 Å². The molecular formula is C27H39NO4Si. The quantitative estimate of drug-likeness (QED) is 0.320. The molecule has 2 atom stereocenters. The first-order chi connectivity index (χ1) is 15.5. The molecule has 0 aliphatic heterocycles. The first-order valence-electron chi connectivity index (χ1n) is 11.5. The Kier molecular flexibility index (Phi) is 9.89. The average Bonchev–Trinajstić information content (AvgIpc) is 2.79. The molecule has 0 saturated carbocycles. The number of carbonyl (C=O) groups excluding carboxylic acids is 1. The highest BCUT2D eigenvalue weighted by Gasteiger charge is 2.40. The van der Waals surface area contributed by atoms with Crippen LogP contribution in [-0.2, 0) is 9.16 Å². The molecule has 0 fully saturated rings. The fraction of sp³-hybridized carbons (Fsp3) is 0.444. The van der Waals surface area contributed by atoms with E-state index < -0.39 is 8.32 Å². The summed E-state index contributed by atoms with van der Waals surface area (Å²) >= 11 is 0. The minimum absolute atomic E-state index is 0.0913. The lowest BCUT2D eigenvalue weighted by Gasteiger charge is -2.40. The number of nitrogens with two attached hydrogens (primary N) is 1. The number of benzene rings is 2. The molecule has 180 valence electrons. The Bertz CT molecular complexity index is 889. The van der Waals surface area contributed by atoms with Gasteiger partial charge in [-0.2, -0.15) is 0 Å². The second kappa shape index (κ2) is 12.2. The summed E-state index contributed by atoms with van der Waals surface area (Å²) in [5.41, 5.74) is 8.18. The van der Waals surface area contributed by atoms with Gasteiger partial charge in [-0.3, -0.25) is 0 Å². The van der Waals surface area contributed by atoms with E-state index in [-0.39, 0.29) is 23.2 Å². The Labute approximate surface area is 200 Å². The zero-order valence-electron chi connectivity index (χ0n) is 20.8. The molecule has 2 aromatic carbocycles. The summed E-state index contributed by atoms with van der Waals surface area (Å²) in [4.78, 5) is 11.6. The summed E-state index contributed by atoms with van der Waals surface area (Å²) in [6.45, 7) is 11.6. The molecule has 0 radical (unpaired) electrons. The molecule has 0 saturated heterocycles. The van der Waals surface area contributed by atoms with Gasteiger partial charge in [0.15, 0.2) is 8.32 Å². The fourth-order valence-electron chi connectivity index (χ4n) is 3.04. The molecule has 0 spiro atoms. The van der Waals surface area contributed by atoms with Crippen molar-refractivity contribution in [1.82, 2.24) is 0 Å². The van der Waals surface area contributed by atoms with Crippen LogP contribution in [0.2, 0.25) is 18.1 Å². The number of hydrogen-bond donors (Lipinski definition) is 1. The van der Waals surface area contributed by atoms with Crippen molar-refractivity contribution in [3.63, 3.8) is 0 Å². The summed E-state index contributed by atoms with van der Waals surface area (Å²) in [5, 5.41) is 0.0913. The molecule has 0 aromatic heterocycles. The van der Waals surface area contributed by atoms with Crippen LogP contribution in [0.5, 0.6) is 5.75 Å². The molecule has 0 bridgehead atoms. The molecule has 33 heavy (non-hydrogen) atoms. The minimum atomic E-state index is -2.00. The van der Waals surface area contributed by atoms with Gasteiger partial charge in [0.05, 0.1) is 18.8 Å². The summed E-state index contributed by atoms with van der Waals surface area (Å²) in [7, 11) is -0.622. The number of ether oxygens (including phenoxy) is 2. The number of rotatable bonds is 11. The maximum atomic E-state index is 11.6. The van der Waals surface area contributed by atoms with Crippen molar-refractivity contribution in [2.24, 2.45) is 5.73 Å². The molecule has 6 heteroatoms. The highest BCUT2D eigenvalue weighted by molar-refractivity contribution is 6.74. The van der Waals surface area contributed by atoms with Crippen LogP contribution in [0.1, 0.15) is 49.5 Å². The second-order valence-corrected chi connectivity index (χ2v) is 14.6. The van der Waals surface area contributed by atoms with Gasteiger partial charge in [-0.05, 0) is 60.8 Å². The fourth-order valence-corrected chi connectivity index (χ4v) is 4.39. The monoisotopic (exact) mass is 469 g/mol. The van der Waals surface area contributed by atoms with Gasteiger partial charge in [-0.1, -0.05) is 63.3 Å². The zero-order chi connectivity index (χ0) is 24.5. The van der Waals surface area contributed by atoms with E-state index in [2.05, 4.69) is 39.9 Å². The summed E-state index contributed by atoms with van der Waals surface area (Å²) in [6, 6.07) is 17.0. The molecule has 2 aromatic rings. The highest BCUT2D eigenvalue weighted by atomic mass is 28.4. The third-order valence-corrected chi connectivity index (χ3v) is 10.7. The maximum absolute atomic E-state index is 11.6. The highest BCUT2D eigenvalue weighted by Crippen LogP contribution is 2.37. The van der Waals surface area contributed by atoms with Gasteiger partial charge in [0, 0.05) is 6.04 Å². The summed E-state index contributed by atoms with van der Waals surface area (Å²) in [5.74, 6) is 0.492. The second-order valence-electron chi connectivity index (χ2n) is 9.80. The van der Waals surface area contributed by atoms with Gasteiger partial charge < -0.3 is 19.6 Å². The van der Waals surface area contributed by atoms with Crippen LogP contribution in [0.25, 0.3) is 6.08 Å². The summed E-state index contributed by atoms with van der Waals surface area (Å²) in [6.07, 6.45) is 5.57. The van der Waals surface area contributed by atoms with Gasteiger partial charge in [0.2, 0.25) is 0 Å². The van der Waals surface area contributed by atoms with E-state index >= 15 is 0 Å². The Morgan fingerprint density at radius 2 is 1.70 bits per heavy atom. The predicted molar refractivity (Wildman–Crippen MR) is 138 cm³/mol. The maximum Gasteiger partial charge on any atom is 0.337 e. The SMILES string of the molecule is COC(=O)c1ccc(/C=C/CC[C@@H](N)[C@@H](COc2ccccc2)O[Si](C)(C)C(C)(C)C)cc1. The van der Waals surface area contributed by atoms with Crippen LogP contribution in [0.3, 0.4) is 0 Å². The van der Waals surface area contributed by atoms with Crippen molar-refractivity contribution in [3.8, 4) is 5.75 Å². The lowest BCUT2D eigenvalue weighted by Crippen LogP contribution is -2.51. The van der Waals surface area contributed by atoms with Gasteiger partial charge >= 0.3 is 5.97 Å². The van der Waals surface area contributed by atoms with E-state index in [9.17, 15) is 4.79 Å².